The van der Waals surface area contributed by atoms with E-state index in [0.717, 1.165) is 68.9 Å². The third-order valence-electron chi connectivity index (χ3n) is 17.1. The third-order valence-corrected chi connectivity index (χ3v) is 17.4. The molecule has 0 N–H and O–H groups in total. The maximum absolute atomic E-state index is 14.4. The molecule has 1 aromatic carbocycles. The highest BCUT2D eigenvalue weighted by Crippen LogP contribution is 2.77. The first kappa shape index (κ1) is 48.6. The number of carbonyl (C=O) groups is 4. The van der Waals surface area contributed by atoms with Gasteiger partial charge in [-0.15, -0.1) is 0 Å². The lowest BCUT2D eigenvalue weighted by molar-refractivity contribution is -0.233. The van der Waals surface area contributed by atoms with Crippen LogP contribution in [-0.2, 0) is 35.1 Å². The van der Waals surface area contributed by atoms with Crippen LogP contribution in [0.4, 0.5) is 4.79 Å². The summed E-state index contributed by atoms with van der Waals surface area (Å²) in [5.74, 6) is 0.875. The van der Waals surface area contributed by atoms with Gasteiger partial charge in [0.1, 0.15) is 17.3 Å². The molecule has 8 nitrogen and oxygen atoms in total. The summed E-state index contributed by atoms with van der Waals surface area (Å²) >= 11 is 6.24. The molecule has 5 aliphatic rings. The van der Waals surface area contributed by atoms with Crippen LogP contribution in [0.5, 0.6) is 0 Å². The number of hydrogen-bond acceptors (Lipinski definition) is 7. The molecule has 0 aliphatic heterocycles. The summed E-state index contributed by atoms with van der Waals surface area (Å²) in [4.78, 5) is 56.7. The minimum Gasteiger partial charge on any atom is -0.462 e. The maximum Gasteiger partial charge on any atom is 0.410 e. The topological polar surface area (TPSA) is 99.2 Å². The zero-order valence-corrected chi connectivity index (χ0v) is 41.8. The predicted octanol–water partition coefficient (Wildman–Crippen LogP) is 13.1. The van der Waals surface area contributed by atoms with E-state index in [4.69, 9.17) is 25.8 Å². The molecule has 0 unspecified atom stereocenters. The molecule has 0 saturated heterocycles. The van der Waals surface area contributed by atoms with E-state index >= 15 is 0 Å². The number of halogens is 1. The first-order valence-corrected chi connectivity index (χ1v) is 24.2. The molecule has 9 heteroatoms. The van der Waals surface area contributed by atoms with Gasteiger partial charge in [0.2, 0.25) is 0 Å². The Hall–Kier alpha value is -2.87. The van der Waals surface area contributed by atoms with Crippen LogP contribution in [-0.4, -0.2) is 52.6 Å². The average Bonchev–Trinajstić information content (AvgIpc) is 3.43. The number of ether oxygens (including phenoxy) is 3. The van der Waals surface area contributed by atoms with Crippen LogP contribution in [0.15, 0.2) is 35.4 Å². The van der Waals surface area contributed by atoms with Gasteiger partial charge < -0.3 is 19.1 Å². The number of benzene rings is 1. The second-order valence-electron chi connectivity index (χ2n) is 24.7. The number of esters is 2. The maximum atomic E-state index is 14.4. The summed E-state index contributed by atoms with van der Waals surface area (Å²) in [6, 6.07) is 7.66. The lowest BCUT2D eigenvalue weighted by Crippen LogP contribution is -2.65. The Bertz CT molecular complexity index is 1930. The fourth-order valence-corrected chi connectivity index (χ4v) is 14.1. The number of hydrogen-bond donors (Lipinski definition) is 0. The minimum absolute atomic E-state index is 0.00233. The van der Waals surface area contributed by atoms with E-state index in [0.29, 0.717) is 48.1 Å². The zero-order valence-electron chi connectivity index (χ0n) is 41.1. The number of Topliss-reactive ketones (excluding diaryl/α,β-unsaturated/α-hetero) is 1. The summed E-state index contributed by atoms with van der Waals surface area (Å²) in [6.45, 7) is 32.4. The van der Waals surface area contributed by atoms with Gasteiger partial charge in [0, 0.05) is 35.4 Å². The summed E-state index contributed by atoms with van der Waals surface area (Å²) in [5.41, 5.74) is 0.808. The molecule has 0 bridgehead atoms. The van der Waals surface area contributed by atoms with Gasteiger partial charge in [-0.3, -0.25) is 14.4 Å². The molecule has 6 rings (SSSR count). The van der Waals surface area contributed by atoms with Gasteiger partial charge in [0.15, 0.2) is 5.78 Å². The largest absolute Gasteiger partial charge is 0.462 e. The summed E-state index contributed by atoms with van der Waals surface area (Å²) in [7, 11) is 0. The average molecular weight is 879 g/mol. The Morgan fingerprint density at radius 2 is 1.42 bits per heavy atom. The van der Waals surface area contributed by atoms with Gasteiger partial charge >= 0.3 is 18.0 Å². The number of rotatable bonds is 10. The monoisotopic (exact) mass is 878 g/mol. The molecule has 1 aromatic rings. The molecular weight excluding hydrogens is 798 g/mol. The van der Waals surface area contributed by atoms with Gasteiger partial charge in [-0.2, -0.15) is 0 Å². The van der Waals surface area contributed by atoms with Crippen LogP contribution in [0.1, 0.15) is 180 Å². The normalized spacial score (nSPS) is 33.2. The van der Waals surface area contributed by atoms with Gasteiger partial charge in [0.05, 0.1) is 11.8 Å². The number of fused-ring (bicyclic) bond motifs is 7. The van der Waals surface area contributed by atoms with Crippen LogP contribution in [0, 0.1) is 56.2 Å². The Labute approximate surface area is 379 Å². The fourth-order valence-electron chi connectivity index (χ4n) is 14.0. The molecule has 0 radical (unpaired) electrons. The van der Waals surface area contributed by atoms with Crippen molar-refractivity contribution in [3.8, 4) is 0 Å². The number of ketones is 1. The number of nitrogens with zero attached hydrogens (tertiary/aromatic N) is 1. The van der Waals surface area contributed by atoms with Crippen molar-refractivity contribution in [2.45, 2.75) is 198 Å². The van der Waals surface area contributed by atoms with Gasteiger partial charge in [-0.05, 0) is 176 Å². The quantitative estimate of drug-likeness (QED) is 0.170. The lowest BCUT2D eigenvalue weighted by atomic mass is 9.33. The highest BCUT2D eigenvalue weighted by molar-refractivity contribution is 6.30. The first-order chi connectivity index (χ1) is 28.4. The molecule has 0 aromatic heterocycles. The van der Waals surface area contributed by atoms with Crippen molar-refractivity contribution in [3.63, 3.8) is 0 Å². The smallest absolute Gasteiger partial charge is 0.410 e. The SMILES string of the molecule is CC(C)C1=C2[C@H]3CC[C@@H]4[C@@]5(C)CC[C@H](OC(=O)CC(C)(C)C(=O)OC(C)(C)C)C(C)(C)[C@@H]5CC[C@@]4(C)[C@]3(C)CC[C@@]2(CCN(Cc2ccc(Cl)cc2)C(=O)OC(C)(C)C)CC1=O. The third kappa shape index (κ3) is 8.91. The van der Waals surface area contributed by atoms with E-state index in [1.54, 1.807) is 13.8 Å². The van der Waals surface area contributed by atoms with Gasteiger partial charge in [-0.25, -0.2) is 4.79 Å². The Kier molecular flexibility index (Phi) is 13.0. The van der Waals surface area contributed by atoms with Crippen molar-refractivity contribution in [3.05, 3.63) is 46.0 Å². The van der Waals surface area contributed by atoms with Gasteiger partial charge in [-0.1, -0.05) is 77.8 Å². The zero-order chi connectivity index (χ0) is 46.2. The minimum atomic E-state index is -0.986. The van der Waals surface area contributed by atoms with Crippen LogP contribution in [0.25, 0.3) is 0 Å². The van der Waals surface area contributed by atoms with Crippen LogP contribution >= 0.6 is 11.6 Å². The van der Waals surface area contributed by atoms with Crippen molar-refractivity contribution >= 4 is 35.4 Å². The Morgan fingerprint density at radius 1 is 0.790 bits per heavy atom. The highest BCUT2D eigenvalue weighted by Gasteiger charge is 2.70. The number of amides is 1. The summed E-state index contributed by atoms with van der Waals surface area (Å²) in [5, 5.41) is 0.656. The van der Waals surface area contributed by atoms with Gasteiger partial charge in [0.25, 0.3) is 0 Å². The second kappa shape index (κ2) is 16.5. The van der Waals surface area contributed by atoms with Crippen molar-refractivity contribution < 1.29 is 33.4 Å². The molecule has 1 amide bonds. The van der Waals surface area contributed by atoms with Crippen molar-refractivity contribution in [1.82, 2.24) is 4.90 Å². The number of allylic oxidation sites excluding steroid dienone is 2. The molecule has 4 saturated carbocycles. The van der Waals surface area contributed by atoms with E-state index in [2.05, 4.69) is 48.5 Å². The molecule has 346 valence electrons. The van der Waals surface area contributed by atoms with Crippen LogP contribution in [0.2, 0.25) is 5.02 Å². The molecule has 62 heavy (non-hydrogen) atoms. The Morgan fingerprint density at radius 3 is 2.02 bits per heavy atom. The second-order valence-corrected chi connectivity index (χ2v) is 25.1. The molecule has 0 spiro atoms. The van der Waals surface area contributed by atoms with E-state index in [1.807, 2.05) is 70.7 Å². The molecule has 4 fully saturated rings. The molecule has 5 aliphatic carbocycles. The summed E-state index contributed by atoms with van der Waals surface area (Å²) < 4.78 is 18.0. The van der Waals surface area contributed by atoms with E-state index in [-0.39, 0.29) is 63.5 Å². The Balaban J connectivity index is 1.25. The van der Waals surface area contributed by atoms with Crippen molar-refractivity contribution in [1.29, 1.82) is 0 Å². The molecule has 8 atom stereocenters. The predicted molar refractivity (Wildman–Crippen MR) is 246 cm³/mol. The van der Waals surface area contributed by atoms with Crippen molar-refractivity contribution in [2.75, 3.05) is 6.54 Å². The van der Waals surface area contributed by atoms with Crippen LogP contribution in [0.3, 0.4) is 0 Å². The van der Waals surface area contributed by atoms with E-state index in [9.17, 15) is 19.2 Å². The lowest BCUT2D eigenvalue weighted by Gasteiger charge is -2.72. The van der Waals surface area contributed by atoms with Crippen LogP contribution < -0.4 is 0 Å². The first-order valence-electron chi connectivity index (χ1n) is 23.8. The van der Waals surface area contributed by atoms with Crippen molar-refractivity contribution in [2.24, 2.45) is 56.2 Å². The highest BCUT2D eigenvalue weighted by atomic mass is 35.5. The van der Waals surface area contributed by atoms with E-state index < -0.39 is 16.6 Å². The standard InChI is InChI=1S/C53H80ClNO7/c1-33(2)42-37(56)30-53(28-29-55(45(59)62-47(6,7)8)32-34-16-18-35(54)19-17-34)27-26-51(14)36(43(42)53)20-21-39-50(13)24-23-40(49(11,12)38(50)22-25-52(39,51)15)60-41(57)31-48(9,10)44(58)61-46(3,4)5/h16-19,33,36,38-40H,20-32H2,1-15H3/t36-,38+,39-,40+,50+,51-,52-,53-/m1/s1. The molecular formula is C53H80ClNO7. The number of carbonyl (C=O) groups excluding carboxylic acids is 4. The van der Waals surface area contributed by atoms with E-state index in [1.165, 1.54) is 5.57 Å². The fraction of sp³-hybridized carbons (Fsp3) is 0.774. The molecule has 0 heterocycles. The summed E-state index contributed by atoms with van der Waals surface area (Å²) in [6.07, 6.45) is 8.77.